The number of carbonyl (C=O) groups is 1. The molecule has 4 nitrogen and oxygen atoms in total. The van der Waals surface area contributed by atoms with Crippen molar-refractivity contribution in [1.82, 2.24) is 0 Å². The summed E-state index contributed by atoms with van der Waals surface area (Å²) in [6.45, 7) is 1.42. The van der Waals surface area contributed by atoms with Gasteiger partial charge in [-0.25, -0.2) is 0 Å². The molecule has 6 heteroatoms. The van der Waals surface area contributed by atoms with Crippen molar-refractivity contribution in [2.45, 2.75) is 19.1 Å². The molecule has 4 N–H and O–H groups in total. The van der Waals surface area contributed by atoms with Crippen LogP contribution in [0.5, 0.6) is 0 Å². The van der Waals surface area contributed by atoms with Gasteiger partial charge >= 0.3 is 0 Å². The average Bonchev–Trinajstić information content (AvgIpc) is 2.35. The number of aliphatic hydroxyl groups is 2. The molecule has 0 fully saturated rings. The number of hydrogen-bond acceptors (Lipinski definition) is 5. The summed E-state index contributed by atoms with van der Waals surface area (Å²) in [4.78, 5) is 11.1. The molecule has 1 rings (SSSR count). The van der Waals surface area contributed by atoms with Gasteiger partial charge in [-0.15, -0.1) is 0 Å². The van der Waals surface area contributed by atoms with Gasteiger partial charge in [0.25, 0.3) is 0 Å². The van der Waals surface area contributed by atoms with Crippen LogP contribution in [0.25, 0.3) is 0 Å². The lowest BCUT2D eigenvalue weighted by Crippen LogP contribution is -2.21. The fourth-order valence-electron chi connectivity index (χ4n) is 1.36. The largest absolute Gasteiger partial charge is 0.389 e. The van der Waals surface area contributed by atoms with E-state index in [-0.39, 0.29) is 15.9 Å². The number of rotatable bonds is 5. The molecule has 98 valence electrons. The fourth-order valence-corrected chi connectivity index (χ4v) is 2.08. The van der Waals surface area contributed by atoms with Crippen LogP contribution in [0.3, 0.4) is 0 Å². The van der Waals surface area contributed by atoms with E-state index in [9.17, 15) is 15.0 Å². The Morgan fingerprint density at radius 2 is 1.94 bits per heavy atom. The first-order valence-electron chi connectivity index (χ1n) is 5.31. The number of hydrogen-bond donors (Lipinski definition) is 3. The zero-order chi connectivity index (χ0) is 13.7. The van der Waals surface area contributed by atoms with Crippen molar-refractivity contribution >= 4 is 34.1 Å². The second kappa shape index (κ2) is 6.84. The van der Waals surface area contributed by atoms with Crippen LogP contribution in [0.4, 0.5) is 0 Å². The normalized spacial score (nSPS) is 13.9. The maximum atomic E-state index is 10.8. The first-order chi connectivity index (χ1) is 8.41. The lowest BCUT2D eigenvalue weighted by Gasteiger charge is -2.17. The van der Waals surface area contributed by atoms with E-state index in [1.807, 2.05) is 0 Å². The zero-order valence-corrected chi connectivity index (χ0v) is 11.5. The second-order valence-electron chi connectivity index (χ2n) is 3.80. The van der Waals surface area contributed by atoms with Crippen molar-refractivity contribution < 1.29 is 15.0 Å². The number of thioether (sulfide) groups is 1. The Bertz CT molecular complexity index is 433. The van der Waals surface area contributed by atoms with E-state index in [0.29, 0.717) is 11.1 Å². The van der Waals surface area contributed by atoms with E-state index in [1.165, 1.54) is 6.92 Å². The van der Waals surface area contributed by atoms with Gasteiger partial charge in [0, 0.05) is 18.2 Å². The molecular formula is C12H15NO3S2. The van der Waals surface area contributed by atoms with E-state index in [0.717, 1.165) is 11.8 Å². The summed E-state index contributed by atoms with van der Waals surface area (Å²) in [5.74, 6) is 0.160. The van der Waals surface area contributed by atoms with Gasteiger partial charge in [-0.1, -0.05) is 48.2 Å². The molecule has 2 atom stereocenters. The number of benzene rings is 1. The Balaban J connectivity index is 2.68. The highest BCUT2D eigenvalue weighted by molar-refractivity contribution is 8.13. The van der Waals surface area contributed by atoms with Crippen molar-refractivity contribution in [3.8, 4) is 0 Å². The minimum Gasteiger partial charge on any atom is -0.389 e. The molecule has 0 bridgehead atoms. The predicted octanol–water partition coefficient (Wildman–Crippen LogP) is 0.995. The van der Waals surface area contributed by atoms with E-state index in [2.05, 4.69) is 0 Å². The average molecular weight is 285 g/mol. The SMILES string of the molecule is CC(=O)SCC(O)C(O)c1ccc(C(N)=S)cc1. The van der Waals surface area contributed by atoms with Crippen LogP contribution < -0.4 is 5.73 Å². The molecule has 0 saturated heterocycles. The van der Waals surface area contributed by atoms with Crippen LogP contribution in [0.1, 0.15) is 24.2 Å². The monoisotopic (exact) mass is 285 g/mol. The van der Waals surface area contributed by atoms with Crippen molar-refractivity contribution in [2.24, 2.45) is 5.73 Å². The standard InChI is InChI=1S/C12H15NO3S2/c1-7(14)18-6-10(15)11(16)8-2-4-9(5-3-8)12(13)17/h2-5,10-11,15-16H,6H2,1H3,(H2,13,17). The summed E-state index contributed by atoms with van der Waals surface area (Å²) < 4.78 is 0. The Morgan fingerprint density at radius 1 is 1.39 bits per heavy atom. The Morgan fingerprint density at radius 3 is 2.39 bits per heavy atom. The molecule has 1 aromatic carbocycles. The molecule has 0 aliphatic rings. The highest BCUT2D eigenvalue weighted by Crippen LogP contribution is 2.20. The van der Waals surface area contributed by atoms with Crippen LogP contribution in [-0.2, 0) is 4.79 Å². The molecule has 0 aromatic heterocycles. The van der Waals surface area contributed by atoms with Gasteiger partial charge in [-0.05, 0) is 5.56 Å². The summed E-state index contributed by atoms with van der Waals surface area (Å²) in [5, 5.41) is 19.5. The summed E-state index contributed by atoms with van der Waals surface area (Å²) in [5.41, 5.74) is 6.72. The summed E-state index contributed by atoms with van der Waals surface area (Å²) in [6, 6.07) is 6.68. The fraction of sp³-hybridized carbons (Fsp3) is 0.333. The maximum Gasteiger partial charge on any atom is 0.185 e. The second-order valence-corrected chi connectivity index (χ2v) is 5.44. The quantitative estimate of drug-likeness (QED) is 0.700. The first-order valence-corrected chi connectivity index (χ1v) is 6.70. The molecule has 0 radical (unpaired) electrons. The molecular weight excluding hydrogens is 270 g/mol. The molecule has 18 heavy (non-hydrogen) atoms. The highest BCUT2D eigenvalue weighted by atomic mass is 32.2. The topological polar surface area (TPSA) is 83.5 Å². The smallest absolute Gasteiger partial charge is 0.185 e. The summed E-state index contributed by atoms with van der Waals surface area (Å²) in [6.07, 6.45) is -2.02. The van der Waals surface area contributed by atoms with Crippen LogP contribution >= 0.6 is 24.0 Å². The molecule has 0 heterocycles. The summed E-state index contributed by atoms with van der Waals surface area (Å²) >= 11 is 5.80. The summed E-state index contributed by atoms with van der Waals surface area (Å²) in [7, 11) is 0. The minimum atomic E-state index is -1.03. The van der Waals surface area contributed by atoms with Crippen molar-refractivity contribution in [3.63, 3.8) is 0 Å². The van der Waals surface area contributed by atoms with Gasteiger partial charge in [0.2, 0.25) is 0 Å². The molecule has 0 aliphatic heterocycles. The van der Waals surface area contributed by atoms with E-state index in [1.54, 1.807) is 24.3 Å². The van der Waals surface area contributed by atoms with E-state index in [4.69, 9.17) is 18.0 Å². The van der Waals surface area contributed by atoms with Crippen molar-refractivity contribution in [1.29, 1.82) is 0 Å². The van der Waals surface area contributed by atoms with Gasteiger partial charge in [-0.2, -0.15) is 0 Å². The minimum absolute atomic E-state index is 0.0925. The van der Waals surface area contributed by atoms with Crippen LogP contribution in [0, 0.1) is 0 Å². The molecule has 0 amide bonds. The Hall–Kier alpha value is -0.950. The third-order valence-corrected chi connectivity index (χ3v) is 3.51. The zero-order valence-electron chi connectivity index (χ0n) is 9.87. The lowest BCUT2D eigenvalue weighted by atomic mass is 10.0. The van der Waals surface area contributed by atoms with Crippen molar-refractivity contribution in [3.05, 3.63) is 35.4 Å². The maximum absolute atomic E-state index is 10.8. The van der Waals surface area contributed by atoms with E-state index >= 15 is 0 Å². The molecule has 0 saturated carbocycles. The lowest BCUT2D eigenvalue weighted by molar-refractivity contribution is -0.109. The molecule has 0 spiro atoms. The van der Waals surface area contributed by atoms with Crippen molar-refractivity contribution in [2.75, 3.05) is 5.75 Å². The highest BCUT2D eigenvalue weighted by Gasteiger charge is 2.19. The third kappa shape index (κ3) is 4.38. The number of carbonyl (C=O) groups excluding carboxylic acids is 1. The van der Waals surface area contributed by atoms with Gasteiger partial charge < -0.3 is 15.9 Å². The van der Waals surface area contributed by atoms with Crippen LogP contribution in [-0.4, -0.2) is 32.2 Å². The van der Waals surface area contributed by atoms with Gasteiger partial charge in [0.15, 0.2) is 5.12 Å². The van der Waals surface area contributed by atoms with Crippen LogP contribution in [0.15, 0.2) is 24.3 Å². The van der Waals surface area contributed by atoms with Crippen LogP contribution in [0.2, 0.25) is 0 Å². The van der Waals surface area contributed by atoms with E-state index < -0.39 is 12.2 Å². The van der Waals surface area contributed by atoms with Gasteiger partial charge in [-0.3, -0.25) is 4.79 Å². The first kappa shape index (κ1) is 15.1. The Kier molecular flexibility index (Phi) is 5.74. The molecule has 1 aromatic rings. The molecule has 2 unspecified atom stereocenters. The third-order valence-electron chi connectivity index (χ3n) is 2.36. The Labute approximate surface area is 115 Å². The number of thiocarbonyl (C=S) groups is 1. The van der Waals surface area contributed by atoms with Gasteiger partial charge in [0.05, 0.1) is 6.10 Å². The number of nitrogens with two attached hydrogens (primary N) is 1. The predicted molar refractivity (Wildman–Crippen MR) is 76.4 cm³/mol. The molecule has 0 aliphatic carbocycles. The number of aliphatic hydroxyl groups excluding tert-OH is 2. The van der Waals surface area contributed by atoms with Gasteiger partial charge in [0.1, 0.15) is 11.1 Å².